The Morgan fingerprint density at radius 2 is 2.03 bits per heavy atom. The van der Waals surface area contributed by atoms with Crippen molar-refractivity contribution in [3.8, 4) is 11.4 Å². The topological polar surface area (TPSA) is 87.2 Å². The summed E-state index contributed by atoms with van der Waals surface area (Å²) < 4.78 is 6.04. The molecule has 1 N–H and O–H groups in total. The molecule has 3 heterocycles. The van der Waals surface area contributed by atoms with Crippen molar-refractivity contribution >= 4 is 17.8 Å². The smallest absolute Gasteiger partial charge is 0.222 e. The third-order valence-corrected chi connectivity index (χ3v) is 6.00. The van der Waals surface area contributed by atoms with E-state index in [0.29, 0.717) is 12.3 Å². The fourth-order valence-electron chi connectivity index (χ4n) is 4.27. The second-order valence-corrected chi connectivity index (χ2v) is 8.60. The highest BCUT2D eigenvalue weighted by atomic mass is 16.5. The first-order valence-electron chi connectivity index (χ1n) is 11.3. The van der Waals surface area contributed by atoms with Crippen molar-refractivity contribution in [1.29, 1.82) is 0 Å². The lowest BCUT2D eigenvalue weighted by atomic mass is 10.00. The highest BCUT2D eigenvalue weighted by molar-refractivity contribution is 5.76. The summed E-state index contributed by atoms with van der Waals surface area (Å²) in [6.07, 6.45) is 6.35. The summed E-state index contributed by atoms with van der Waals surface area (Å²) in [5.74, 6) is 2.44. The van der Waals surface area contributed by atoms with Crippen molar-refractivity contribution in [1.82, 2.24) is 25.1 Å². The minimum absolute atomic E-state index is 0.141. The first-order valence-corrected chi connectivity index (χ1v) is 11.3. The van der Waals surface area contributed by atoms with Crippen molar-refractivity contribution in [2.45, 2.75) is 59.0 Å². The van der Waals surface area contributed by atoms with Gasteiger partial charge in [-0.15, -0.1) is 0 Å². The lowest BCUT2D eigenvalue weighted by molar-refractivity contribution is -0.131. The number of aromatic amines is 1. The van der Waals surface area contributed by atoms with Gasteiger partial charge in [-0.05, 0) is 32.3 Å². The largest absolute Gasteiger partial charge is 0.495 e. The third kappa shape index (κ3) is 4.57. The number of fused-ring (bicyclic) bond motifs is 1. The van der Waals surface area contributed by atoms with Crippen LogP contribution >= 0.6 is 0 Å². The van der Waals surface area contributed by atoms with Gasteiger partial charge in [-0.3, -0.25) is 9.89 Å². The molecule has 4 rings (SSSR count). The number of hydrogen-bond donors (Lipinski definition) is 1. The summed E-state index contributed by atoms with van der Waals surface area (Å²) in [7, 11) is 0. The number of aromatic nitrogens is 4. The second kappa shape index (κ2) is 9.08. The molecule has 2 aromatic heterocycles. The Morgan fingerprint density at radius 1 is 1.26 bits per heavy atom. The van der Waals surface area contributed by atoms with Gasteiger partial charge in [0.1, 0.15) is 17.8 Å². The van der Waals surface area contributed by atoms with Crippen molar-refractivity contribution in [2.24, 2.45) is 0 Å². The van der Waals surface area contributed by atoms with Crippen LogP contribution in [0.2, 0.25) is 0 Å². The van der Waals surface area contributed by atoms with E-state index >= 15 is 0 Å². The maximum Gasteiger partial charge on any atom is 0.222 e. The molecule has 8 heteroatoms. The highest BCUT2D eigenvalue weighted by Gasteiger charge is 2.25. The summed E-state index contributed by atoms with van der Waals surface area (Å²) in [5, 5.41) is 7.86. The molecule has 166 valence electrons. The average molecular weight is 425 g/mol. The Bertz CT molecular complexity index is 959. The number of hydrogen-bond acceptors (Lipinski definition) is 6. The van der Waals surface area contributed by atoms with Crippen LogP contribution in [0.5, 0.6) is 0 Å². The number of allylic oxidation sites excluding steroid dienone is 1. The van der Waals surface area contributed by atoms with Gasteiger partial charge in [0.25, 0.3) is 0 Å². The quantitative estimate of drug-likeness (QED) is 0.789. The Kier molecular flexibility index (Phi) is 6.25. The lowest BCUT2D eigenvalue weighted by Gasteiger charge is -2.35. The summed E-state index contributed by atoms with van der Waals surface area (Å²) in [6.45, 7) is 11.2. The van der Waals surface area contributed by atoms with Gasteiger partial charge in [-0.25, -0.2) is 9.97 Å². The molecule has 2 aliphatic rings. The molecule has 1 aliphatic heterocycles. The maximum absolute atomic E-state index is 12.0. The Morgan fingerprint density at radius 3 is 2.74 bits per heavy atom. The van der Waals surface area contributed by atoms with Crippen LogP contribution in [0.15, 0.2) is 18.2 Å². The number of anilines is 1. The minimum atomic E-state index is 0.141. The fraction of sp³-hybridized carbons (Fsp3) is 0.565. The summed E-state index contributed by atoms with van der Waals surface area (Å²) in [6, 6.07) is 2.00. The van der Waals surface area contributed by atoms with E-state index in [-0.39, 0.29) is 12.0 Å². The van der Waals surface area contributed by atoms with E-state index < -0.39 is 0 Å². The van der Waals surface area contributed by atoms with Gasteiger partial charge in [0.05, 0.1) is 17.6 Å². The summed E-state index contributed by atoms with van der Waals surface area (Å²) in [4.78, 5) is 25.1. The van der Waals surface area contributed by atoms with E-state index in [9.17, 15) is 4.79 Å². The van der Waals surface area contributed by atoms with Gasteiger partial charge in [-0.2, -0.15) is 5.10 Å². The molecule has 1 amide bonds. The van der Waals surface area contributed by atoms with Crippen molar-refractivity contribution < 1.29 is 9.53 Å². The Labute approximate surface area is 183 Å². The van der Waals surface area contributed by atoms with E-state index in [1.165, 1.54) is 0 Å². The van der Waals surface area contributed by atoms with E-state index in [1.54, 1.807) is 6.33 Å². The molecule has 1 saturated heterocycles. The molecule has 0 spiro atoms. The van der Waals surface area contributed by atoms with Crippen LogP contribution in [-0.4, -0.2) is 63.3 Å². The molecule has 0 saturated carbocycles. The number of nitrogens with zero attached hydrogens (tertiary/aromatic N) is 5. The van der Waals surface area contributed by atoms with Gasteiger partial charge in [0, 0.05) is 56.3 Å². The summed E-state index contributed by atoms with van der Waals surface area (Å²) in [5.41, 5.74) is 3.81. The molecule has 0 aromatic carbocycles. The number of H-pyrrole nitrogens is 1. The molecule has 1 unspecified atom stereocenters. The molecular weight excluding hydrogens is 392 g/mol. The zero-order valence-corrected chi connectivity index (χ0v) is 18.9. The number of carbonyl (C=O) groups is 1. The fourth-order valence-corrected chi connectivity index (χ4v) is 4.27. The number of carbonyl (C=O) groups excluding carboxylic acids is 1. The predicted molar refractivity (Wildman–Crippen MR) is 121 cm³/mol. The number of ether oxygens (including phenoxy) is 1. The zero-order valence-electron chi connectivity index (χ0n) is 18.9. The van der Waals surface area contributed by atoms with Gasteiger partial charge < -0.3 is 14.5 Å². The second-order valence-electron chi connectivity index (χ2n) is 8.60. The van der Waals surface area contributed by atoms with Crippen LogP contribution in [0, 0.1) is 0 Å². The van der Waals surface area contributed by atoms with Gasteiger partial charge >= 0.3 is 0 Å². The SMILES string of the molecule is CCC(=O)N1CCN(c2cc(-c3n[nH]c4c3C=C(OC(C)C)CCC4C)ncn2)CC1. The number of piperazine rings is 1. The highest BCUT2D eigenvalue weighted by Crippen LogP contribution is 2.36. The minimum Gasteiger partial charge on any atom is -0.495 e. The van der Waals surface area contributed by atoms with Crippen LogP contribution in [0.1, 0.15) is 64.1 Å². The molecule has 1 aliphatic carbocycles. The Hall–Kier alpha value is -2.90. The van der Waals surface area contributed by atoms with Crippen molar-refractivity contribution in [3.63, 3.8) is 0 Å². The zero-order chi connectivity index (χ0) is 22.0. The normalized spacial score (nSPS) is 19.1. The van der Waals surface area contributed by atoms with Gasteiger partial charge in [-0.1, -0.05) is 13.8 Å². The van der Waals surface area contributed by atoms with E-state index in [1.807, 2.05) is 17.9 Å². The maximum atomic E-state index is 12.0. The standard InChI is InChI=1S/C23H32N6O2/c1-5-21(30)29-10-8-28(9-11-29)20-13-19(24-14-25-20)23-18-12-17(31-15(2)3)7-6-16(4)22(18)26-27-23/h12-16H,5-11H2,1-4H3,(H,26,27). The van der Waals surface area contributed by atoms with Crippen molar-refractivity contribution in [2.75, 3.05) is 31.1 Å². The van der Waals surface area contributed by atoms with Crippen LogP contribution in [0.3, 0.4) is 0 Å². The molecule has 0 bridgehead atoms. The van der Waals surface area contributed by atoms with Crippen LogP contribution in [-0.2, 0) is 9.53 Å². The molecule has 31 heavy (non-hydrogen) atoms. The third-order valence-electron chi connectivity index (χ3n) is 6.00. The monoisotopic (exact) mass is 424 g/mol. The Balaban J connectivity index is 1.60. The van der Waals surface area contributed by atoms with Crippen LogP contribution in [0.4, 0.5) is 5.82 Å². The average Bonchev–Trinajstić information content (AvgIpc) is 3.13. The molecule has 1 atom stereocenters. The molecule has 0 radical (unpaired) electrons. The van der Waals surface area contributed by atoms with E-state index in [2.05, 4.69) is 51.9 Å². The number of nitrogens with one attached hydrogen (secondary N) is 1. The number of rotatable bonds is 5. The first-order chi connectivity index (χ1) is 15.0. The number of amides is 1. The molecule has 1 fully saturated rings. The molecule has 2 aromatic rings. The van der Waals surface area contributed by atoms with Gasteiger partial charge in [0.15, 0.2) is 0 Å². The predicted octanol–water partition coefficient (Wildman–Crippen LogP) is 3.59. The van der Waals surface area contributed by atoms with Crippen LogP contribution in [0.25, 0.3) is 17.5 Å². The van der Waals surface area contributed by atoms with Gasteiger partial charge in [0.2, 0.25) is 5.91 Å². The van der Waals surface area contributed by atoms with E-state index in [4.69, 9.17) is 4.74 Å². The van der Waals surface area contributed by atoms with Crippen LogP contribution < -0.4 is 4.90 Å². The van der Waals surface area contributed by atoms with E-state index in [0.717, 1.165) is 73.2 Å². The first kappa shape index (κ1) is 21.3. The summed E-state index contributed by atoms with van der Waals surface area (Å²) >= 11 is 0. The van der Waals surface area contributed by atoms with Crippen molar-refractivity contribution in [3.05, 3.63) is 29.4 Å². The molecular formula is C23H32N6O2. The molecule has 8 nitrogen and oxygen atoms in total. The lowest BCUT2D eigenvalue weighted by Crippen LogP contribution is -2.48.